The van der Waals surface area contributed by atoms with Crippen molar-refractivity contribution in [3.05, 3.63) is 0 Å². The zero-order chi connectivity index (χ0) is 12.3. The Morgan fingerprint density at radius 3 is 2.65 bits per heavy atom. The molecule has 1 saturated carbocycles. The van der Waals surface area contributed by atoms with Crippen LogP contribution in [0.5, 0.6) is 0 Å². The minimum absolute atomic E-state index is 0.126. The average Bonchev–Trinajstić information content (AvgIpc) is 2.39. The molecule has 0 radical (unpaired) electrons. The quantitative estimate of drug-likeness (QED) is 0.787. The Bertz CT molecular complexity index is 230. The second-order valence-corrected chi connectivity index (χ2v) is 5.81. The number of rotatable bonds is 4. The summed E-state index contributed by atoms with van der Waals surface area (Å²) in [6.45, 7) is 3.48. The van der Waals surface area contributed by atoms with E-state index < -0.39 is 0 Å². The molecule has 1 aliphatic heterocycles. The third kappa shape index (κ3) is 2.83. The number of hydrogen-bond donors (Lipinski definition) is 2. The first-order chi connectivity index (χ1) is 8.27. The second kappa shape index (κ2) is 6.17. The molecule has 0 bridgehead atoms. The fourth-order valence-corrected chi connectivity index (χ4v) is 3.83. The molecule has 17 heavy (non-hydrogen) atoms. The standard InChI is InChI=1S/C14H28N2O/c1-2-12(15)14(10-17)16-9-5-7-11-6-3-4-8-13(11)16/h11-14,17H,2-10,15H2,1H3/t11-,12?,13-,14?/m1/s1. The first kappa shape index (κ1) is 13.3. The largest absolute Gasteiger partial charge is 0.395 e. The van der Waals surface area contributed by atoms with Crippen molar-refractivity contribution in [1.29, 1.82) is 0 Å². The van der Waals surface area contributed by atoms with Crippen LogP contribution >= 0.6 is 0 Å². The van der Waals surface area contributed by atoms with Crippen molar-refractivity contribution in [2.24, 2.45) is 11.7 Å². The minimum atomic E-state index is 0.126. The van der Waals surface area contributed by atoms with Gasteiger partial charge < -0.3 is 10.8 Å². The van der Waals surface area contributed by atoms with Crippen molar-refractivity contribution in [2.45, 2.75) is 70.0 Å². The summed E-state index contributed by atoms with van der Waals surface area (Å²) in [6, 6.07) is 1.01. The molecule has 2 unspecified atom stereocenters. The number of likely N-dealkylation sites (tertiary alicyclic amines) is 1. The molecule has 0 aromatic rings. The lowest BCUT2D eigenvalue weighted by atomic mass is 9.77. The smallest absolute Gasteiger partial charge is 0.0602 e. The topological polar surface area (TPSA) is 49.5 Å². The van der Waals surface area contributed by atoms with Crippen molar-refractivity contribution in [1.82, 2.24) is 4.90 Å². The van der Waals surface area contributed by atoms with Crippen molar-refractivity contribution in [3.8, 4) is 0 Å². The van der Waals surface area contributed by atoms with E-state index in [0.717, 1.165) is 18.9 Å². The minimum Gasteiger partial charge on any atom is -0.395 e. The SMILES string of the molecule is CCC(N)C(CO)N1CCC[C@H]2CCCC[C@H]21. The zero-order valence-electron chi connectivity index (χ0n) is 11.1. The predicted molar refractivity (Wildman–Crippen MR) is 70.8 cm³/mol. The molecular formula is C14H28N2O. The molecular weight excluding hydrogens is 212 g/mol. The number of aliphatic hydroxyl groups excluding tert-OH is 1. The van der Waals surface area contributed by atoms with Crippen LogP contribution in [-0.4, -0.2) is 41.3 Å². The highest BCUT2D eigenvalue weighted by molar-refractivity contribution is 4.93. The van der Waals surface area contributed by atoms with Gasteiger partial charge in [0.2, 0.25) is 0 Å². The highest BCUT2D eigenvalue weighted by Gasteiger charge is 2.37. The maximum absolute atomic E-state index is 9.65. The Balaban J connectivity index is 2.06. The molecule has 1 saturated heterocycles. The fraction of sp³-hybridized carbons (Fsp3) is 1.00. The molecule has 3 nitrogen and oxygen atoms in total. The van der Waals surface area contributed by atoms with Crippen LogP contribution in [0.4, 0.5) is 0 Å². The molecule has 4 atom stereocenters. The second-order valence-electron chi connectivity index (χ2n) is 5.81. The Hall–Kier alpha value is -0.120. The first-order valence-electron chi connectivity index (χ1n) is 7.40. The molecule has 3 N–H and O–H groups in total. The van der Waals surface area contributed by atoms with Gasteiger partial charge in [0.15, 0.2) is 0 Å². The number of nitrogens with two attached hydrogens (primary N) is 1. The summed E-state index contributed by atoms with van der Waals surface area (Å²) < 4.78 is 0. The molecule has 0 spiro atoms. The molecule has 2 rings (SSSR count). The van der Waals surface area contributed by atoms with E-state index in [-0.39, 0.29) is 18.7 Å². The Labute approximate surface area is 105 Å². The van der Waals surface area contributed by atoms with Gasteiger partial charge in [-0.1, -0.05) is 19.8 Å². The van der Waals surface area contributed by atoms with E-state index in [1.54, 1.807) is 0 Å². The van der Waals surface area contributed by atoms with Crippen LogP contribution in [0.3, 0.4) is 0 Å². The number of nitrogens with zero attached hydrogens (tertiary/aromatic N) is 1. The zero-order valence-corrected chi connectivity index (χ0v) is 11.1. The summed E-state index contributed by atoms with van der Waals surface area (Å²) in [5.74, 6) is 0.871. The van der Waals surface area contributed by atoms with Crippen molar-refractivity contribution >= 4 is 0 Å². The van der Waals surface area contributed by atoms with Gasteiger partial charge in [0.1, 0.15) is 0 Å². The van der Waals surface area contributed by atoms with Crippen molar-refractivity contribution in [3.63, 3.8) is 0 Å². The van der Waals surface area contributed by atoms with Crippen LogP contribution in [-0.2, 0) is 0 Å². The average molecular weight is 240 g/mol. The van der Waals surface area contributed by atoms with E-state index >= 15 is 0 Å². The van der Waals surface area contributed by atoms with Gasteiger partial charge >= 0.3 is 0 Å². The lowest BCUT2D eigenvalue weighted by Crippen LogP contribution is -2.58. The van der Waals surface area contributed by atoms with Gasteiger partial charge in [-0.15, -0.1) is 0 Å². The Kier molecular flexibility index (Phi) is 4.83. The molecule has 2 fully saturated rings. The molecule has 1 heterocycles. The highest BCUT2D eigenvalue weighted by Crippen LogP contribution is 2.36. The van der Waals surface area contributed by atoms with E-state index in [4.69, 9.17) is 5.73 Å². The van der Waals surface area contributed by atoms with Crippen LogP contribution in [0.1, 0.15) is 51.9 Å². The molecule has 0 aromatic heterocycles. The highest BCUT2D eigenvalue weighted by atomic mass is 16.3. The van der Waals surface area contributed by atoms with Crippen molar-refractivity contribution in [2.75, 3.05) is 13.2 Å². The van der Waals surface area contributed by atoms with Crippen LogP contribution < -0.4 is 5.73 Å². The summed E-state index contributed by atoms with van der Waals surface area (Å²) in [5, 5.41) is 9.65. The van der Waals surface area contributed by atoms with E-state index in [1.165, 1.54) is 38.5 Å². The predicted octanol–water partition coefficient (Wildman–Crippen LogP) is 1.74. The maximum Gasteiger partial charge on any atom is 0.0602 e. The summed E-state index contributed by atoms with van der Waals surface area (Å²) in [5.41, 5.74) is 6.18. The normalized spacial score (nSPS) is 34.1. The third-order valence-corrected chi connectivity index (χ3v) is 4.86. The molecule has 0 amide bonds. The van der Waals surface area contributed by atoms with E-state index in [9.17, 15) is 5.11 Å². The molecule has 2 aliphatic rings. The monoisotopic (exact) mass is 240 g/mol. The van der Waals surface area contributed by atoms with Gasteiger partial charge in [-0.25, -0.2) is 0 Å². The molecule has 0 aromatic carbocycles. The first-order valence-corrected chi connectivity index (χ1v) is 7.40. The van der Waals surface area contributed by atoms with Gasteiger partial charge in [0.05, 0.1) is 6.61 Å². The van der Waals surface area contributed by atoms with Crippen molar-refractivity contribution < 1.29 is 5.11 Å². The third-order valence-electron chi connectivity index (χ3n) is 4.86. The van der Waals surface area contributed by atoms with Gasteiger partial charge in [-0.3, -0.25) is 4.90 Å². The van der Waals surface area contributed by atoms with E-state index in [0.29, 0.717) is 6.04 Å². The van der Waals surface area contributed by atoms with Gasteiger partial charge in [0, 0.05) is 18.1 Å². The number of piperidine rings is 1. The summed E-state index contributed by atoms with van der Waals surface area (Å²) >= 11 is 0. The molecule has 1 aliphatic carbocycles. The van der Waals surface area contributed by atoms with Gasteiger partial charge in [-0.05, 0) is 44.6 Å². The van der Waals surface area contributed by atoms with Crippen LogP contribution in [0, 0.1) is 5.92 Å². The van der Waals surface area contributed by atoms with Gasteiger partial charge in [0.25, 0.3) is 0 Å². The van der Waals surface area contributed by atoms with Crippen LogP contribution in [0.2, 0.25) is 0 Å². The number of aliphatic hydroxyl groups is 1. The van der Waals surface area contributed by atoms with Crippen LogP contribution in [0.25, 0.3) is 0 Å². The fourth-order valence-electron chi connectivity index (χ4n) is 3.83. The summed E-state index contributed by atoms with van der Waals surface area (Å²) in [7, 11) is 0. The molecule has 100 valence electrons. The lowest BCUT2D eigenvalue weighted by Gasteiger charge is -2.48. The lowest BCUT2D eigenvalue weighted by molar-refractivity contribution is -0.00430. The molecule has 3 heteroatoms. The Morgan fingerprint density at radius 2 is 1.94 bits per heavy atom. The summed E-state index contributed by atoms with van der Waals surface area (Å²) in [4.78, 5) is 2.54. The maximum atomic E-state index is 9.65. The van der Waals surface area contributed by atoms with E-state index in [2.05, 4.69) is 11.8 Å². The number of hydrogen-bond acceptors (Lipinski definition) is 3. The summed E-state index contributed by atoms with van der Waals surface area (Å²) in [6.07, 6.45) is 9.10. The van der Waals surface area contributed by atoms with E-state index in [1.807, 2.05) is 0 Å². The van der Waals surface area contributed by atoms with Gasteiger partial charge in [-0.2, -0.15) is 0 Å². The van der Waals surface area contributed by atoms with Crippen LogP contribution in [0.15, 0.2) is 0 Å². The number of fused-ring (bicyclic) bond motifs is 1. The Morgan fingerprint density at radius 1 is 1.24 bits per heavy atom.